The predicted octanol–water partition coefficient (Wildman–Crippen LogP) is 19.7. The number of esters is 1. The fraction of sp³-hybridized carbons (Fsp3) is 0.177. The molecule has 368 valence electrons. The molecule has 0 bridgehead atoms. The van der Waals surface area contributed by atoms with Crippen molar-refractivity contribution in [3.05, 3.63) is 51.1 Å². The van der Waals surface area contributed by atoms with Gasteiger partial charge in [-0.05, 0) is 341 Å². The van der Waals surface area contributed by atoms with E-state index in [-0.39, 0.29) is 16.8 Å². The molecule has 34 rings (SSSR count). The number of carbonyl (C=O) groups excluding carboxylic acids is 1. The molecule has 0 radical (unpaired) electrons. The van der Waals surface area contributed by atoms with Gasteiger partial charge in [0.15, 0.2) is 0 Å². The second-order valence-corrected chi connectivity index (χ2v) is 31.8. The molecule has 83 heavy (non-hydrogen) atoms. The molecular formula is C79H29NO3. The lowest BCUT2D eigenvalue weighted by Crippen LogP contribution is -2.57. The van der Waals surface area contributed by atoms with E-state index in [1.165, 1.54) is 54.2 Å². The van der Waals surface area contributed by atoms with Gasteiger partial charge in [0.05, 0.1) is 17.9 Å². The van der Waals surface area contributed by atoms with E-state index in [0.29, 0.717) is 18.8 Å². The van der Waals surface area contributed by atoms with Crippen molar-refractivity contribution in [3.8, 4) is 5.75 Å². The second-order valence-electron chi connectivity index (χ2n) is 31.8. The smallest absolute Gasteiger partial charge is 0.324 e. The first-order valence-electron chi connectivity index (χ1n) is 30.9. The predicted molar refractivity (Wildman–Crippen MR) is 346 cm³/mol. The lowest BCUT2D eigenvalue weighted by atomic mass is 9.48. The lowest BCUT2D eigenvalue weighted by Gasteiger charge is -2.51. The van der Waals surface area contributed by atoms with E-state index in [4.69, 9.17) is 4.74 Å². The van der Waals surface area contributed by atoms with Crippen LogP contribution in [-0.2, 0) is 37.7 Å². The third-order valence-corrected chi connectivity index (χ3v) is 28.4. The standard InChI is InChI=1S/C79H29NO3/c1-76(2,3)13-8-12(9-14(73(13)81)77(4,5)6)10-80-11-78-69-61-53-43-33-25-17-15-16-19-23-21(17)29-37-31(23)41-35-27(19)28-20(16)24-22-18(15)26(25)34-40-30(22)38-32(24)42-36(28)46-45(35)57-51(41)59-49(37)55(47(53)39(29)33)63(69)65(59)71-67(57)68-58(46)52(42)60-50(38)56-48(40)54(44(34)43)62(61)70(78)64(56)66(60)72(68)79(71,78)74(80)75(82)83-7/h8-9,74,81H,10-11H2,1-7H3. The van der Waals surface area contributed by atoms with Gasteiger partial charge in [0.2, 0.25) is 0 Å². The van der Waals surface area contributed by atoms with Crippen molar-refractivity contribution in [2.24, 2.45) is 0 Å². The Morgan fingerprint density at radius 2 is 0.590 bits per heavy atom. The van der Waals surface area contributed by atoms with Crippen LogP contribution in [0.4, 0.5) is 0 Å². The topological polar surface area (TPSA) is 49.8 Å². The van der Waals surface area contributed by atoms with Crippen LogP contribution in [-0.4, -0.2) is 35.7 Å². The summed E-state index contributed by atoms with van der Waals surface area (Å²) in [6.07, 6.45) is 0. The highest BCUT2D eigenvalue weighted by Gasteiger charge is 2.77. The number of hydrogen-bond donors (Lipinski definition) is 1. The summed E-state index contributed by atoms with van der Waals surface area (Å²) in [6, 6.07) is 3.99. The molecular weight excluding hydrogens is 1010 g/mol. The van der Waals surface area contributed by atoms with Crippen LogP contribution >= 0.6 is 0 Å². The molecule has 5 aliphatic rings. The van der Waals surface area contributed by atoms with Gasteiger partial charge >= 0.3 is 5.97 Å². The first kappa shape index (κ1) is 35.0. The number of ether oxygens (including phenoxy) is 1. The highest BCUT2D eigenvalue weighted by Crippen LogP contribution is 2.86. The van der Waals surface area contributed by atoms with Crippen molar-refractivity contribution in [1.82, 2.24) is 4.90 Å². The molecule has 4 heteroatoms. The van der Waals surface area contributed by atoms with Crippen molar-refractivity contribution in [3.63, 3.8) is 0 Å². The molecule has 0 saturated carbocycles. The van der Waals surface area contributed by atoms with Crippen LogP contribution in [0.3, 0.4) is 0 Å². The van der Waals surface area contributed by atoms with Crippen LogP contribution in [0.15, 0.2) is 12.1 Å². The number of aromatic hydroxyl groups is 1. The molecule has 1 aliphatic heterocycles. The van der Waals surface area contributed by atoms with Crippen LogP contribution in [0.5, 0.6) is 5.75 Å². The molecule has 1 N–H and O–H groups in total. The maximum absolute atomic E-state index is 16.7. The zero-order valence-electron chi connectivity index (χ0n) is 45.4. The number of carbonyl (C=O) groups is 1. The molecule has 2 spiro atoms. The number of rotatable bonds is 3. The minimum atomic E-state index is -0.803. The average Bonchev–Trinajstić information content (AvgIpc) is 1.38. The zero-order chi connectivity index (χ0) is 52.1. The molecule has 1 unspecified atom stereocenters. The van der Waals surface area contributed by atoms with Gasteiger partial charge in [-0.25, -0.2) is 0 Å². The Kier molecular flexibility index (Phi) is 3.44. The number of likely N-dealkylation sites (tertiary alicyclic amines) is 1. The second kappa shape index (κ2) is 8.16. The highest BCUT2D eigenvalue weighted by molar-refractivity contribution is 6.82. The largest absolute Gasteiger partial charge is 0.507 e. The summed E-state index contributed by atoms with van der Waals surface area (Å²) in [7, 11) is 1.70. The van der Waals surface area contributed by atoms with E-state index < -0.39 is 16.9 Å². The van der Waals surface area contributed by atoms with Gasteiger partial charge in [0.1, 0.15) is 11.8 Å². The fourth-order valence-electron chi connectivity index (χ4n) is 27.7. The van der Waals surface area contributed by atoms with Crippen molar-refractivity contribution in [2.75, 3.05) is 13.7 Å². The molecule has 4 aliphatic carbocycles. The number of phenols is 1. The van der Waals surface area contributed by atoms with E-state index in [0.717, 1.165) is 16.7 Å². The Hall–Kier alpha value is -9.09. The summed E-state index contributed by atoms with van der Waals surface area (Å²) in [5.74, 6) is 0.299. The van der Waals surface area contributed by atoms with E-state index in [1.807, 2.05) is 0 Å². The number of phenolic OH excluding ortho intramolecular Hbond substituents is 1. The van der Waals surface area contributed by atoms with Crippen molar-refractivity contribution < 1.29 is 14.6 Å². The molecule has 0 amide bonds. The Morgan fingerprint density at radius 1 is 0.386 bits per heavy atom. The zero-order valence-corrected chi connectivity index (χ0v) is 45.4. The maximum atomic E-state index is 16.7. The minimum Gasteiger partial charge on any atom is -0.507 e. The van der Waals surface area contributed by atoms with Gasteiger partial charge in [0, 0.05) is 13.1 Å². The highest BCUT2D eigenvalue weighted by atomic mass is 16.5. The van der Waals surface area contributed by atoms with Crippen LogP contribution < -0.4 is 0 Å². The summed E-state index contributed by atoms with van der Waals surface area (Å²) in [4.78, 5) is 19.4. The van der Waals surface area contributed by atoms with Gasteiger partial charge in [-0.15, -0.1) is 0 Å². The molecule has 29 aromatic carbocycles. The molecule has 1 saturated heterocycles. The SMILES string of the molecule is COC(=O)C1N(Cc2cc(C(C)(C)C)c(O)c(C(C)(C)C)c2)CC23c4c5c6c7c8c9c(c%10c%11c2c2c4c4c%12c5c5c6c6c8c8c%13c9c9c%10c%10c%11c%11c2c2c4c4c%12c%12c5c5c6c8c6c8c%13c9c9c%10c%10c%11c2c2c4c4c%12c5c6c5c8c9c%10c2c45)C713. The van der Waals surface area contributed by atoms with Gasteiger partial charge in [-0.1, -0.05) is 53.7 Å². The van der Waals surface area contributed by atoms with E-state index in [1.54, 1.807) is 266 Å². The average molecular weight is 1040 g/mol. The number of methoxy groups -OCH3 is 1. The summed E-state index contributed by atoms with van der Waals surface area (Å²) in [6.45, 7) is 14.7. The van der Waals surface area contributed by atoms with E-state index >= 15 is 4.79 Å². The van der Waals surface area contributed by atoms with E-state index in [9.17, 15) is 5.11 Å². The van der Waals surface area contributed by atoms with Crippen LogP contribution in [0.2, 0.25) is 0 Å². The maximum Gasteiger partial charge on any atom is 0.324 e. The summed E-state index contributed by atoms with van der Waals surface area (Å²) in [5.41, 5.74) is 7.18. The number of hydrogen-bond acceptors (Lipinski definition) is 4. The van der Waals surface area contributed by atoms with Crippen molar-refractivity contribution in [1.29, 1.82) is 0 Å². The monoisotopic (exact) mass is 1040 g/mol. The first-order chi connectivity index (χ1) is 40.4. The Bertz CT molecular complexity index is 7740. The summed E-state index contributed by atoms with van der Waals surface area (Å²) in [5, 5.41) is 96.9. The van der Waals surface area contributed by atoms with Crippen molar-refractivity contribution >= 4 is 297 Å². The molecule has 29 aromatic rings. The van der Waals surface area contributed by atoms with Gasteiger partial charge in [0.25, 0.3) is 0 Å². The third-order valence-electron chi connectivity index (χ3n) is 28.4. The van der Waals surface area contributed by atoms with Gasteiger partial charge in [-0.3, -0.25) is 9.69 Å². The minimum absolute atomic E-state index is 0.106. The lowest BCUT2D eigenvalue weighted by molar-refractivity contribution is -0.147. The first-order valence-corrected chi connectivity index (χ1v) is 30.9. The Balaban J connectivity index is 0.980. The molecule has 1 fully saturated rings. The normalized spacial score (nSPS) is 22.4. The van der Waals surface area contributed by atoms with Gasteiger partial charge in [-0.2, -0.15) is 0 Å². The summed E-state index contributed by atoms with van der Waals surface area (Å²) < 4.78 is 6.60. The third kappa shape index (κ3) is 2.11. The van der Waals surface area contributed by atoms with Crippen molar-refractivity contribution in [2.45, 2.75) is 75.8 Å². The fourth-order valence-corrected chi connectivity index (χ4v) is 27.7. The summed E-state index contributed by atoms with van der Waals surface area (Å²) >= 11 is 0. The number of nitrogens with zero attached hydrogens (tertiary/aromatic N) is 1. The van der Waals surface area contributed by atoms with Crippen LogP contribution in [0.25, 0.3) is 291 Å². The quantitative estimate of drug-likeness (QED) is 0.142. The van der Waals surface area contributed by atoms with E-state index in [2.05, 4.69) is 58.6 Å². The molecule has 0 aromatic heterocycles. The van der Waals surface area contributed by atoms with Crippen LogP contribution in [0.1, 0.15) is 80.5 Å². The molecule has 1 atom stereocenters. The van der Waals surface area contributed by atoms with Crippen LogP contribution in [0, 0.1) is 0 Å². The Labute approximate surface area is 460 Å². The number of benzene rings is 19. The molecule has 4 nitrogen and oxygen atoms in total. The molecule has 1 heterocycles. The van der Waals surface area contributed by atoms with Gasteiger partial charge < -0.3 is 9.84 Å². The Morgan fingerprint density at radius 3 is 0.795 bits per heavy atom.